The lowest BCUT2D eigenvalue weighted by Crippen LogP contribution is -2.15. The van der Waals surface area contributed by atoms with Gasteiger partial charge in [-0.3, -0.25) is 4.55 Å². The number of azo groups is 1. The second kappa shape index (κ2) is 8.79. The van der Waals surface area contributed by atoms with E-state index in [9.17, 15) is 13.5 Å². The largest absolute Gasteiger partial charge is 0.491 e. The van der Waals surface area contributed by atoms with Gasteiger partial charge in [0.05, 0.1) is 23.7 Å². The quantitative estimate of drug-likeness (QED) is 0.312. The van der Waals surface area contributed by atoms with Gasteiger partial charge in [-0.2, -0.15) is 13.5 Å². The van der Waals surface area contributed by atoms with Gasteiger partial charge in [0.1, 0.15) is 0 Å². The number of aromatic nitrogens is 2. The molecule has 0 aliphatic carbocycles. The first-order chi connectivity index (χ1) is 12.7. The highest BCUT2D eigenvalue weighted by Gasteiger charge is 2.16. The van der Waals surface area contributed by atoms with E-state index in [2.05, 4.69) is 26.0 Å². The number of nitrogens with one attached hydrogen (secondary N) is 2. The molecule has 0 bridgehead atoms. The van der Waals surface area contributed by atoms with Gasteiger partial charge in [0.2, 0.25) is 0 Å². The van der Waals surface area contributed by atoms with E-state index in [-0.39, 0.29) is 24.7 Å². The summed E-state index contributed by atoms with van der Waals surface area (Å²) >= 11 is 0. The van der Waals surface area contributed by atoms with Gasteiger partial charge in [0, 0.05) is 31.5 Å². The predicted octanol–water partition coefficient (Wildman–Crippen LogP) is 1.30. The van der Waals surface area contributed by atoms with Crippen molar-refractivity contribution >= 4 is 27.2 Å². The normalized spacial score (nSPS) is 11.9. The molecule has 0 radical (unpaired) electrons. The summed E-state index contributed by atoms with van der Waals surface area (Å²) in [5, 5.41) is 36.5. The van der Waals surface area contributed by atoms with E-state index in [0.29, 0.717) is 29.3 Å². The fourth-order valence-corrected chi connectivity index (χ4v) is 2.77. The Balaban J connectivity index is 2.40. The minimum absolute atomic E-state index is 0.000361. The second-order valence-electron chi connectivity index (χ2n) is 5.60. The van der Waals surface area contributed by atoms with Crippen molar-refractivity contribution in [3.8, 4) is 11.6 Å². The molecule has 0 saturated carbocycles. The van der Waals surface area contributed by atoms with Gasteiger partial charge in [-0.05, 0) is 25.1 Å². The van der Waals surface area contributed by atoms with Crippen molar-refractivity contribution in [1.29, 1.82) is 0 Å². The average Bonchev–Trinajstić information content (AvgIpc) is 2.87. The number of nitrogens with zero attached hydrogens (tertiary/aromatic N) is 4. The molecule has 5 N–H and O–H groups in total. The van der Waals surface area contributed by atoms with Crippen LogP contribution in [0.3, 0.4) is 0 Å². The Morgan fingerprint density at radius 2 is 1.81 bits per heavy atom. The molecule has 0 fully saturated rings. The number of hydrogen-bond acceptors (Lipinski definition) is 9. The third-order valence-electron chi connectivity index (χ3n) is 3.56. The summed E-state index contributed by atoms with van der Waals surface area (Å²) in [5.74, 6) is -0.716. The zero-order valence-corrected chi connectivity index (χ0v) is 15.7. The first-order valence-corrected chi connectivity index (χ1v) is 9.63. The van der Waals surface area contributed by atoms with E-state index in [4.69, 9.17) is 9.66 Å². The highest BCUT2D eigenvalue weighted by Crippen LogP contribution is 2.32. The molecular weight excluding hydrogens is 376 g/mol. The Kier molecular flexibility index (Phi) is 6.71. The first-order valence-electron chi connectivity index (χ1n) is 8.03. The summed E-state index contributed by atoms with van der Waals surface area (Å²) in [4.78, 5) is 0. The van der Waals surface area contributed by atoms with Gasteiger partial charge in [0.15, 0.2) is 5.69 Å². The number of hydrogen-bond donors (Lipinski definition) is 5. The Labute approximate surface area is 156 Å². The summed E-state index contributed by atoms with van der Waals surface area (Å²) < 4.78 is 32.1. The Morgan fingerprint density at radius 3 is 2.37 bits per heavy atom. The molecule has 0 atom stereocenters. The summed E-state index contributed by atoms with van der Waals surface area (Å²) in [7, 11) is -2.60. The highest BCUT2D eigenvalue weighted by atomic mass is 32.2. The van der Waals surface area contributed by atoms with Crippen LogP contribution in [0.25, 0.3) is 5.69 Å². The van der Waals surface area contributed by atoms with Crippen molar-refractivity contribution in [3.63, 3.8) is 0 Å². The number of aliphatic hydroxyl groups excluding tert-OH is 1. The zero-order valence-electron chi connectivity index (χ0n) is 14.9. The summed E-state index contributed by atoms with van der Waals surface area (Å²) in [5.41, 5.74) is 2.57. The maximum atomic E-state index is 10.9. The van der Waals surface area contributed by atoms with Gasteiger partial charge >= 0.3 is 0 Å². The van der Waals surface area contributed by atoms with Crippen molar-refractivity contribution in [2.75, 3.05) is 43.1 Å². The Hall–Kier alpha value is -2.70. The lowest BCUT2D eigenvalue weighted by molar-refractivity contribution is 0.311. The molecule has 2 aromatic rings. The van der Waals surface area contributed by atoms with E-state index in [1.54, 1.807) is 25.1 Å². The molecule has 27 heavy (non-hydrogen) atoms. The monoisotopic (exact) mass is 398 g/mol. The third kappa shape index (κ3) is 5.64. The van der Waals surface area contributed by atoms with Gasteiger partial charge in [0.25, 0.3) is 16.0 Å². The lowest BCUT2D eigenvalue weighted by atomic mass is 10.2. The second-order valence-corrected chi connectivity index (χ2v) is 7.17. The van der Waals surface area contributed by atoms with Crippen molar-refractivity contribution in [2.24, 2.45) is 10.2 Å². The van der Waals surface area contributed by atoms with Gasteiger partial charge in [-0.15, -0.1) is 10.2 Å². The summed E-state index contributed by atoms with van der Waals surface area (Å²) in [6, 6.07) is 5.16. The SMILES string of the molecule is CN=Nc1c(O)nn(-c2cc(NCCO)cc(NCCS(=O)(=O)O)c2)c1C. The van der Waals surface area contributed by atoms with E-state index < -0.39 is 15.9 Å². The number of benzene rings is 1. The lowest BCUT2D eigenvalue weighted by Gasteiger charge is -2.13. The van der Waals surface area contributed by atoms with Crippen LogP contribution in [0.2, 0.25) is 0 Å². The Bertz CT molecular complexity index is 925. The smallest absolute Gasteiger partial charge is 0.266 e. The molecule has 0 spiro atoms. The highest BCUT2D eigenvalue weighted by molar-refractivity contribution is 7.85. The van der Waals surface area contributed by atoms with Crippen molar-refractivity contribution in [3.05, 3.63) is 23.9 Å². The summed E-state index contributed by atoms with van der Waals surface area (Å²) in [6.07, 6.45) is 0. The molecule has 0 amide bonds. The van der Waals surface area contributed by atoms with E-state index in [1.807, 2.05) is 0 Å². The molecule has 0 aliphatic heterocycles. The van der Waals surface area contributed by atoms with Crippen LogP contribution < -0.4 is 10.6 Å². The standard InChI is InChI=1S/C15H22N6O5S/c1-10-14(19-16-2)15(23)20-21(10)13-8-11(17-3-5-22)7-12(9-13)18-4-6-27(24,25)26/h7-9,17-18,22H,3-6H2,1-2H3,(H,20,23)(H,24,25,26). The minimum Gasteiger partial charge on any atom is -0.491 e. The van der Waals surface area contributed by atoms with Crippen LogP contribution in [-0.2, 0) is 10.1 Å². The molecule has 148 valence electrons. The number of rotatable bonds is 9. The number of anilines is 2. The van der Waals surface area contributed by atoms with Crippen LogP contribution >= 0.6 is 0 Å². The van der Waals surface area contributed by atoms with Crippen LogP contribution in [0.5, 0.6) is 5.88 Å². The molecule has 11 nitrogen and oxygen atoms in total. The van der Waals surface area contributed by atoms with E-state index in [1.165, 1.54) is 11.7 Å². The van der Waals surface area contributed by atoms with Crippen LogP contribution in [0.4, 0.5) is 17.1 Å². The molecule has 1 aromatic carbocycles. The molecule has 1 aromatic heterocycles. The van der Waals surface area contributed by atoms with Gasteiger partial charge in [-0.1, -0.05) is 0 Å². The van der Waals surface area contributed by atoms with Crippen molar-refractivity contribution < 1.29 is 23.2 Å². The summed E-state index contributed by atoms with van der Waals surface area (Å²) in [6.45, 7) is 1.96. The first kappa shape index (κ1) is 20.6. The number of aromatic hydroxyl groups is 1. The fraction of sp³-hybridized carbons (Fsp3) is 0.400. The molecule has 2 rings (SSSR count). The maximum absolute atomic E-state index is 10.9. The molecule has 1 heterocycles. The molecule has 12 heteroatoms. The fourth-order valence-electron chi connectivity index (χ4n) is 2.41. The van der Waals surface area contributed by atoms with Crippen LogP contribution in [0.15, 0.2) is 28.4 Å². The van der Waals surface area contributed by atoms with E-state index in [0.717, 1.165) is 0 Å². The topological polar surface area (TPSA) is 161 Å². The van der Waals surface area contributed by atoms with Crippen molar-refractivity contribution in [2.45, 2.75) is 6.92 Å². The number of aliphatic hydroxyl groups is 1. The molecule has 0 aliphatic rings. The van der Waals surface area contributed by atoms with Crippen LogP contribution in [0, 0.1) is 6.92 Å². The predicted molar refractivity (Wildman–Crippen MR) is 101 cm³/mol. The Morgan fingerprint density at radius 1 is 1.19 bits per heavy atom. The molecule has 0 saturated heterocycles. The van der Waals surface area contributed by atoms with Gasteiger partial charge < -0.3 is 20.8 Å². The minimum atomic E-state index is -4.08. The maximum Gasteiger partial charge on any atom is 0.266 e. The van der Waals surface area contributed by atoms with Crippen LogP contribution in [0.1, 0.15) is 5.69 Å². The third-order valence-corrected chi connectivity index (χ3v) is 4.28. The average molecular weight is 398 g/mol. The molecular formula is C15H22N6O5S. The van der Waals surface area contributed by atoms with Gasteiger partial charge in [-0.25, -0.2) is 4.68 Å². The van der Waals surface area contributed by atoms with E-state index >= 15 is 0 Å². The molecule has 0 unspecified atom stereocenters. The zero-order chi connectivity index (χ0) is 20.0. The van der Waals surface area contributed by atoms with Crippen molar-refractivity contribution in [1.82, 2.24) is 9.78 Å². The van der Waals surface area contributed by atoms with Crippen LogP contribution in [-0.4, -0.2) is 65.5 Å².